The van der Waals surface area contributed by atoms with Crippen molar-refractivity contribution in [2.75, 3.05) is 0 Å². The summed E-state index contributed by atoms with van der Waals surface area (Å²) in [4.78, 5) is 0. The Morgan fingerprint density at radius 1 is 0.516 bits per heavy atom. The van der Waals surface area contributed by atoms with Crippen LogP contribution < -0.4 is 0 Å². The Balaban J connectivity index is 1.77. The molecule has 0 aliphatic rings. The number of hydrogen-bond donors (Lipinski definition) is 0. The van der Waals surface area contributed by atoms with Crippen molar-refractivity contribution >= 4 is 31.5 Å². The van der Waals surface area contributed by atoms with Gasteiger partial charge >= 0.3 is 0 Å². The van der Waals surface area contributed by atoms with Crippen molar-refractivity contribution < 1.29 is 0 Å². The van der Waals surface area contributed by atoms with Crippen LogP contribution in [0.3, 0.4) is 0 Å². The molecule has 1 aromatic heterocycles. The number of rotatable bonds is 14. The van der Waals surface area contributed by atoms with Crippen LogP contribution in [0.25, 0.3) is 20.2 Å². The Morgan fingerprint density at radius 3 is 1.58 bits per heavy atom. The van der Waals surface area contributed by atoms with Crippen LogP contribution in [0.1, 0.15) is 113 Å². The highest BCUT2D eigenvalue weighted by Crippen LogP contribution is 2.37. The van der Waals surface area contributed by atoms with Crippen LogP contribution in [0.5, 0.6) is 0 Å². The maximum atomic E-state index is 2.57. The van der Waals surface area contributed by atoms with Gasteiger partial charge in [0.15, 0.2) is 0 Å². The van der Waals surface area contributed by atoms with E-state index in [1.807, 2.05) is 11.3 Å². The van der Waals surface area contributed by atoms with Gasteiger partial charge in [0.2, 0.25) is 0 Å². The average molecular weight is 437 g/mol. The lowest BCUT2D eigenvalue weighted by molar-refractivity contribution is 0.599. The predicted octanol–water partition coefficient (Wildman–Crippen LogP) is 10.5. The lowest BCUT2D eigenvalue weighted by Crippen LogP contribution is -1.96. The first-order valence-corrected chi connectivity index (χ1v) is 13.9. The van der Waals surface area contributed by atoms with Gasteiger partial charge in [0, 0.05) is 20.2 Å². The SMILES string of the molecule is CCCCCCCCc1cc2sc3cc(C)c(C)cc3c2cc1CCCCCCCC. The van der Waals surface area contributed by atoms with E-state index in [1.165, 1.54) is 121 Å². The largest absolute Gasteiger partial charge is 0.135 e. The monoisotopic (exact) mass is 436 g/mol. The van der Waals surface area contributed by atoms with Crippen LogP contribution in [0.15, 0.2) is 24.3 Å². The van der Waals surface area contributed by atoms with Crippen molar-refractivity contribution in [3.8, 4) is 0 Å². The summed E-state index contributed by atoms with van der Waals surface area (Å²) in [5, 5.41) is 2.97. The maximum absolute atomic E-state index is 2.57. The van der Waals surface area contributed by atoms with Gasteiger partial charge in [-0.3, -0.25) is 0 Å². The smallest absolute Gasteiger partial charge is 0.0358 e. The molecule has 0 unspecified atom stereocenters. The Morgan fingerprint density at radius 2 is 0.968 bits per heavy atom. The second-order valence-corrected chi connectivity index (χ2v) is 10.8. The molecule has 0 bridgehead atoms. The molecule has 3 aromatic rings. The van der Waals surface area contributed by atoms with E-state index in [-0.39, 0.29) is 0 Å². The molecule has 0 aliphatic heterocycles. The first-order valence-electron chi connectivity index (χ1n) is 13.1. The van der Waals surface area contributed by atoms with E-state index < -0.39 is 0 Å². The number of unbranched alkanes of at least 4 members (excludes halogenated alkanes) is 10. The van der Waals surface area contributed by atoms with Gasteiger partial charge < -0.3 is 0 Å². The topological polar surface area (TPSA) is 0 Å². The van der Waals surface area contributed by atoms with Gasteiger partial charge in [-0.05, 0) is 86.1 Å². The van der Waals surface area contributed by atoms with Crippen molar-refractivity contribution in [2.45, 2.75) is 118 Å². The molecule has 0 fully saturated rings. The van der Waals surface area contributed by atoms with E-state index in [4.69, 9.17) is 0 Å². The molecule has 1 heterocycles. The normalized spacial score (nSPS) is 11.7. The number of aryl methyl sites for hydroxylation is 4. The molecule has 2 aromatic carbocycles. The first-order chi connectivity index (χ1) is 15.1. The number of hydrogen-bond acceptors (Lipinski definition) is 1. The first kappa shape index (κ1) is 24.3. The standard InChI is InChI=1S/C30H44S/c1-5-7-9-11-13-15-17-25-21-28-27-19-23(3)24(4)20-29(27)31-30(28)22-26(25)18-16-14-12-10-8-6-2/h19-22H,5-18H2,1-4H3. The van der Waals surface area contributed by atoms with E-state index >= 15 is 0 Å². The molecule has 0 amide bonds. The molecule has 0 saturated carbocycles. The van der Waals surface area contributed by atoms with Crippen LogP contribution in [-0.2, 0) is 12.8 Å². The molecule has 0 spiro atoms. The summed E-state index contributed by atoms with van der Waals surface area (Å²) >= 11 is 2.00. The fraction of sp³-hybridized carbons (Fsp3) is 0.600. The number of fused-ring (bicyclic) bond motifs is 3. The maximum Gasteiger partial charge on any atom is 0.0358 e. The average Bonchev–Trinajstić information content (AvgIpc) is 3.09. The Kier molecular flexibility index (Phi) is 9.91. The second kappa shape index (κ2) is 12.6. The van der Waals surface area contributed by atoms with Gasteiger partial charge in [0.05, 0.1) is 0 Å². The van der Waals surface area contributed by atoms with Crippen LogP contribution in [0, 0.1) is 13.8 Å². The van der Waals surface area contributed by atoms with Crippen molar-refractivity contribution in [2.24, 2.45) is 0 Å². The highest BCUT2D eigenvalue weighted by atomic mass is 32.1. The summed E-state index contributed by atoms with van der Waals surface area (Å²) in [6, 6.07) is 9.95. The summed E-state index contributed by atoms with van der Waals surface area (Å²) in [6.45, 7) is 9.10. The van der Waals surface area contributed by atoms with Gasteiger partial charge in [-0.2, -0.15) is 0 Å². The van der Waals surface area contributed by atoms with E-state index in [0.29, 0.717) is 0 Å². The van der Waals surface area contributed by atoms with Crippen LogP contribution >= 0.6 is 11.3 Å². The third-order valence-corrected chi connectivity index (χ3v) is 8.12. The van der Waals surface area contributed by atoms with Gasteiger partial charge in [0.1, 0.15) is 0 Å². The summed E-state index contributed by atoms with van der Waals surface area (Å²) < 4.78 is 2.95. The molecule has 3 rings (SSSR count). The van der Waals surface area contributed by atoms with Crippen molar-refractivity contribution in [1.29, 1.82) is 0 Å². The second-order valence-electron chi connectivity index (χ2n) is 9.69. The Labute approximate surface area is 195 Å². The predicted molar refractivity (Wildman–Crippen MR) is 143 cm³/mol. The van der Waals surface area contributed by atoms with Crippen LogP contribution in [0.4, 0.5) is 0 Å². The Bertz CT molecular complexity index is 946. The number of benzene rings is 2. The highest BCUT2D eigenvalue weighted by molar-refractivity contribution is 7.25. The minimum atomic E-state index is 1.26. The van der Waals surface area contributed by atoms with E-state index in [2.05, 4.69) is 52.0 Å². The van der Waals surface area contributed by atoms with Crippen molar-refractivity contribution in [1.82, 2.24) is 0 Å². The minimum Gasteiger partial charge on any atom is -0.135 e. The fourth-order valence-corrected chi connectivity index (χ4v) is 6.05. The molecule has 0 saturated heterocycles. The lowest BCUT2D eigenvalue weighted by Gasteiger charge is -2.11. The summed E-state index contributed by atoms with van der Waals surface area (Å²) in [6.07, 6.45) is 19.1. The summed E-state index contributed by atoms with van der Waals surface area (Å²) in [7, 11) is 0. The third kappa shape index (κ3) is 6.82. The van der Waals surface area contributed by atoms with E-state index in [9.17, 15) is 0 Å². The zero-order valence-corrected chi connectivity index (χ0v) is 21.4. The number of thiophene rings is 1. The zero-order valence-electron chi connectivity index (χ0n) is 20.6. The summed E-state index contributed by atoms with van der Waals surface area (Å²) in [5.41, 5.74) is 6.10. The lowest BCUT2D eigenvalue weighted by atomic mass is 9.94. The molecular weight excluding hydrogens is 392 g/mol. The van der Waals surface area contributed by atoms with Crippen molar-refractivity contribution in [3.05, 3.63) is 46.5 Å². The minimum absolute atomic E-state index is 1.26. The van der Waals surface area contributed by atoms with Gasteiger partial charge in [-0.25, -0.2) is 0 Å². The van der Waals surface area contributed by atoms with Crippen LogP contribution in [-0.4, -0.2) is 0 Å². The highest BCUT2D eigenvalue weighted by Gasteiger charge is 2.12. The van der Waals surface area contributed by atoms with E-state index in [1.54, 1.807) is 11.1 Å². The summed E-state index contributed by atoms with van der Waals surface area (Å²) in [5.74, 6) is 0. The molecule has 1 heteroatoms. The molecule has 170 valence electrons. The third-order valence-electron chi connectivity index (χ3n) is 7.01. The molecular formula is C30H44S. The Hall–Kier alpha value is -1.34. The van der Waals surface area contributed by atoms with Crippen molar-refractivity contribution in [3.63, 3.8) is 0 Å². The molecule has 0 nitrogen and oxygen atoms in total. The molecule has 0 radical (unpaired) electrons. The molecule has 0 atom stereocenters. The van der Waals surface area contributed by atoms with Gasteiger partial charge in [-0.1, -0.05) is 78.1 Å². The van der Waals surface area contributed by atoms with Gasteiger partial charge in [-0.15, -0.1) is 11.3 Å². The molecule has 31 heavy (non-hydrogen) atoms. The fourth-order valence-electron chi connectivity index (χ4n) is 4.82. The molecule has 0 aliphatic carbocycles. The van der Waals surface area contributed by atoms with Crippen LogP contribution in [0.2, 0.25) is 0 Å². The zero-order chi connectivity index (χ0) is 22.1. The molecule has 0 N–H and O–H groups in total. The quantitative estimate of drug-likeness (QED) is 0.220. The van der Waals surface area contributed by atoms with Gasteiger partial charge in [0.25, 0.3) is 0 Å². The van der Waals surface area contributed by atoms with E-state index in [0.717, 1.165) is 0 Å².